The van der Waals surface area contributed by atoms with Crippen LogP contribution in [0.1, 0.15) is 15.9 Å². The molecule has 0 bridgehead atoms. The zero-order valence-electron chi connectivity index (χ0n) is 16.9. The number of amides is 1. The van der Waals surface area contributed by atoms with Crippen LogP contribution in [0.2, 0.25) is 0 Å². The van der Waals surface area contributed by atoms with E-state index in [2.05, 4.69) is 4.98 Å². The highest BCUT2D eigenvalue weighted by atomic mass is 32.2. The van der Waals surface area contributed by atoms with Gasteiger partial charge >= 0.3 is 5.97 Å². The van der Waals surface area contributed by atoms with Gasteiger partial charge in [-0.2, -0.15) is 0 Å². The number of nitrogens with zero attached hydrogens (tertiary/aromatic N) is 2. The van der Waals surface area contributed by atoms with Crippen molar-refractivity contribution < 1.29 is 18.7 Å². The number of para-hydroxylation sites is 3. The second kappa shape index (κ2) is 9.49. The molecule has 31 heavy (non-hydrogen) atoms. The van der Waals surface area contributed by atoms with Crippen molar-refractivity contribution in [3.05, 3.63) is 90.0 Å². The third-order valence-electron chi connectivity index (χ3n) is 4.71. The van der Waals surface area contributed by atoms with Crippen molar-refractivity contribution in [2.24, 2.45) is 0 Å². The smallest absolute Gasteiger partial charge is 0.338 e. The van der Waals surface area contributed by atoms with Gasteiger partial charge in [0.05, 0.1) is 5.56 Å². The highest BCUT2D eigenvalue weighted by molar-refractivity contribution is 7.98. The lowest BCUT2D eigenvalue weighted by atomic mass is 10.1. The molecule has 6 nitrogen and oxygen atoms in total. The lowest BCUT2D eigenvalue weighted by Crippen LogP contribution is -2.31. The van der Waals surface area contributed by atoms with Gasteiger partial charge in [-0.15, -0.1) is 0 Å². The van der Waals surface area contributed by atoms with Gasteiger partial charge < -0.3 is 14.1 Å². The summed E-state index contributed by atoms with van der Waals surface area (Å²) >= 11 is 1.40. The van der Waals surface area contributed by atoms with E-state index >= 15 is 0 Å². The molecule has 0 spiro atoms. The minimum atomic E-state index is -0.538. The fourth-order valence-corrected chi connectivity index (χ4v) is 3.84. The number of fused-ring (bicyclic) bond motifs is 1. The number of rotatable bonds is 7. The zero-order chi connectivity index (χ0) is 21.6. The van der Waals surface area contributed by atoms with Crippen molar-refractivity contribution in [3.8, 4) is 0 Å². The molecule has 0 N–H and O–H groups in total. The summed E-state index contributed by atoms with van der Waals surface area (Å²) < 4.78 is 11.0. The number of hydrogen-bond donors (Lipinski definition) is 0. The SMILES string of the molecule is CN(C(=O)COC(=O)c1ccccc1CSc1nc2ccccc2o1)c1ccccc1. The number of esters is 1. The monoisotopic (exact) mass is 432 g/mol. The molecule has 0 atom stereocenters. The van der Waals surface area contributed by atoms with Crippen molar-refractivity contribution in [3.63, 3.8) is 0 Å². The number of oxazole rings is 1. The molecule has 4 rings (SSSR count). The molecule has 4 aromatic rings. The second-order valence-electron chi connectivity index (χ2n) is 6.76. The standard InChI is InChI=1S/C24H20N2O4S/c1-26(18-10-3-2-4-11-18)22(27)15-29-23(28)19-12-6-5-9-17(19)16-31-24-25-20-13-7-8-14-21(20)30-24/h2-14H,15-16H2,1H3. The largest absolute Gasteiger partial charge is 0.452 e. The lowest BCUT2D eigenvalue weighted by Gasteiger charge is -2.17. The van der Waals surface area contributed by atoms with Gasteiger partial charge in [-0.25, -0.2) is 9.78 Å². The number of aromatic nitrogens is 1. The molecule has 1 amide bonds. The Labute approximate surface area is 183 Å². The second-order valence-corrected chi connectivity index (χ2v) is 7.68. The summed E-state index contributed by atoms with van der Waals surface area (Å²) in [5, 5.41) is 0.532. The molecule has 7 heteroatoms. The Hall–Kier alpha value is -3.58. The van der Waals surface area contributed by atoms with E-state index in [4.69, 9.17) is 9.15 Å². The first-order valence-electron chi connectivity index (χ1n) is 9.67. The molecular weight excluding hydrogens is 412 g/mol. The van der Waals surface area contributed by atoms with Crippen LogP contribution in [0.5, 0.6) is 0 Å². The zero-order valence-corrected chi connectivity index (χ0v) is 17.7. The molecule has 0 fully saturated rings. The number of likely N-dealkylation sites (N-methyl/N-ethyl adjacent to an activating group) is 1. The van der Waals surface area contributed by atoms with Crippen LogP contribution in [0, 0.1) is 0 Å². The minimum absolute atomic E-state index is 0.308. The van der Waals surface area contributed by atoms with E-state index in [-0.39, 0.29) is 12.5 Å². The number of hydrogen-bond acceptors (Lipinski definition) is 6. The summed E-state index contributed by atoms with van der Waals surface area (Å²) in [6.07, 6.45) is 0. The van der Waals surface area contributed by atoms with Crippen LogP contribution < -0.4 is 4.90 Å². The Balaban J connectivity index is 1.39. The van der Waals surface area contributed by atoms with E-state index in [1.807, 2.05) is 66.7 Å². The number of anilines is 1. The van der Waals surface area contributed by atoms with Crippen LogP contribution in [0.4, 0.5) is 5.69 Å². The van der Waals surface area contributed by atoms with Gasteiger partial charge in [-0.05, 0) is 35.9 Å². The maximum Gasteiger partial charge on any atom is 0.338 e. The topological polar surface area (TPSA) is 72.6 Å². The van der Waals surface area contributed by atoms with E-state index in [0.29, 0.717) is 16.5 Å². The maximum absolute atomic E-state index is 12.6. The third kappa shape index (κ3) is 4.95. The molecule has 1 aromatic heterocycles. The maximum atomic E-state index is 12.6. The van der Waals surface area contributed by atoms with Crippen LogP contribution in [-0.4, -0.2) is 30.5 Å². The molecule has 1 heterocycles. The number of ether oxygens (including phenoxy) is 1. The fraction of sp³-hybridized carbons (Fsp3) is 0.125. The van der Waals surface area contributed by atoms with E-state index in [9.17, 15) is 9.59 Å². The van der Waals surface area contributed by atoms with Crippen LogP contribution in [-0.2, 0) is 15.3 Å². The van der Waals surface area contributed by atoms with Crippen LogP contribution in [0.15, 0.2) is 88.5 Å². The van der Waals surface area contributed by atoms with Crippen molar-refractivity contribution in [1.82, 2.24) is 4.98 Å². The predicted octanol–water partition coefficient (Wildman–Crippen LogP) is 4.94. The molecule has 0 unspecified atom stereocenters. The first-order chi connectivity index (χ1) is 15.1. The molecule has 3 aromatic carbocycles. The predicted molar refractivity (Wildman–Crippen MR) is 120 cm³/mol. The molecule has 156 valence electrons. The third-order valence-corrected chi connectivity index (χ3v) is 5.58. The van der Waals surface area contributed by atoms with Crippen molar-refractivity contribution >= 4 is 40.4 Å². The first-order valence-corrected chi connectivity index (χ1v) is 10.7. The van der Waals surface area contributed by atoms with E-state index in [0.717, 1.165) is 22.4 Å². The van der Waals surface area contributed by atoms with Crippen molar-refractivity contribution in [2.45, 2.75) is 11.0 Å². The summed E-state index contributed by atoms with van der Waals surface area (Å²) in [6.45, 7) is -0.336. The number of thioether (sulfide) groups is 1. The lowest BCUT2D eigenvalue weighted by molar-refractivity contribution is -0.121. The van der Waals surface area contributed by atoms with Crippen LogP contribution in [0.3, 0.4) is 0 Å². The van der Waals surface area contributed by atoms with Gasteiger partial charge in [0.1, 0.15) is 5.52 Å². The highest BCUT2D eigenvalue weighted by Gasteiger charge is 2.17. The Morgan fingerprint density at radius 3 is 2.48 bits per heavy atom. The summed E-state index contributed by atoms with van der Waals surface area (Å²) in [6, 6.07) is 23.9. The van der Waals surface area contributed by atoms with Crippen LogP contribution in [0.25, 0.3) is 11.1 Å². The Morgan fingerprint density at radius 1 is 0.968 bits per heavy atom. The van der Waals surface area contributed by atoms with Gasteiger partial charge in [0.25, 0.3) is 11.1 Å². The average Bonchev–Trinajstić information content (AvgIpc) is 3.24. The quantitative estimate of drug-likeness (QED) is 0.304. The molecule has 0 saturated carbocycles. The highest BCUT2D eigenvalue weighted by Crippen LogP contribution is 2.27. The molecule has 0 aliphatic heterocycles. The van der Waals surface area contributed by atoms with E-state index in [1.54, 1.807) is 19.2 Å². The molecular formula is C24H20N2O4S. The van der Waals surface area contributed by atoms with Crippen molar-refractivity contribution in [2.75, 3.05) is 18.6 Å². The Morgan fingerprint density at radius 2 is 1.68 bits per heavy atom. The van der Waals surface area contributed by atoms with Gasteiger partial charge in [0, 0.05) is 18.5 Å². The minimum Gasteiger partial charge on any atom is -0.452 e. The summed E-state index contributed by atoms with van der Waals surface area (Å²) in [7, 11) is 1.65. The molecule has 0 aliphatic rings. The van der Waals surface area contributed by atoms with Gasteiger partial charge in [0.15, 0.2) is 12.2 Å². The van der Waals surface area contributed by atoms with Gasteiger partial charge in [0.2, 0.25) is 0 Å². The van der Waals surface area contributed by atoms with Crippen molar-refractivity contribution in [1.29, 1.82) is 0 Å². The Bertz CT molecular complexity index is 1170. The number of carbonyl (C=O) groups is 2. The summed E-state index contributed by atoms with van der Waals surface area (Å²) in [5.74, 6) is -0.364. The average molecular weight is 433 g/mol. The normalized spacial score (nSPS) is 10.7. The van der Waals surface area contributed by atoms with Gasteiger partial charge in [-0.1, -0.05) is 60.3 Å². The molecule has 0 aliphatic carbocycles. The summed E-state index contributed by atoms with van der Waals surface area (Å²) in [5.41, 5.74) is 3.45. The van der Waals surface area contributed by atoms with Crippen LogP contribution >= 0.6 is 11.8 Å². The number of carbonyl (C=O) groups excluding carboxylic acids is 2. The molecule has 0 saturated heterocycles. The van der Waals surface area contributed by atoms with Gasteiger partial charge in [-0.3, -0.25) is 4.79 Å². The fourth-order valence-electron chi connectivity index (χ4n) is 3.00. The number of benzene rings is 3. The van der Waals surface area contributed by atoms with E-state index in [1.165, 1.54) is 16.7 Å². The Kier molecular flexibility index (Phi) is 6.33. The first kappa shape index (κ1) is 20.7. The van der Waals surface area contributed by atoms with E-state index < -0.39 is 5.97 Å². The summed E-state index contributed by atoms with van der Waals surface area (Å²) in [4.78, 5) is 30.9. The molecule has 0 radical (unpaired) electrons.